The van der Waals surface area contributed by atoms with E-state index in [1.165, 1.54) is 18.5 Å². The summed E-state index contributed by atoms with van der Waals surface area (Å²) in [6.07, 6.45) is -1.85. The van der Waals surface area contributed by atoms with E-state index < -0.39 is 29.1 Å². The van der Waals surface area contributed by atoms with Gasteiger partial charge < -0.3 is 5.32 Å². The van der Waals surface area contributed by atoms with Gasteiger partial charge in [0.25, 0.3) is 0 Å². The number of alkyl halides is 3. The summed E-state index contributed by atoms with van der Waals surface area (Å²) in [7, 11) is 0. The Kier molecular flexibility index (Phi) is 7.05. The van der Waals surface area contributed by atoms with Crippen LogP contribution in [0.3, 0.4) is 0 Å². The molecule has 0 saturated heterocycles. The van der Waals surface area contributed by atoms with Crippen LogP contribution in [0.1, 0.15) is 22.4 Å². The first kappa shape index (κ1) is 24.6. The van der Waals surface area contributed by atoms with E-state index >= 15 is 0 Å². The first-order valence-corrected chi connectivity index (χ1v) is 11.4. The number of aromatic amines is 1. The minimum atomic E-state index is -4.80. The van der Waals surface area contributed by atoms with Gasteiger partial charge in [-0.1, -0.05) is 30.3 Å². The number of nitrogens with one attached hydrogen (secondary N) is 3. The zero-order chi connectivity index (χ0) is 25.1. The lowest BCUT2D eigenvalue weighted by Crippen LogP contribution is -2.51. The number of pyridine rings is 1. The second kappa shape index (κ2) is 10.0. The zero-order valence-electron chi connectivity index (χ0n) is 17.9. The Labute approximate surface area is 211 Å². The molecule has 0 unspecified atom stereocenters. The van der Waals surface area contributed by atoms with Gasteiger partial charge in [-0.15, -0.1) is 0 Å². The van der Waals surface area contributed by atoms with Gasteiger partial charge in [0.1, 0.15) is 17.2 Å². The van der Waals surface area contributed by atoms with Crippen molar-refractivity contribution >= 4 is 34.4 Å². The van der Waals surface area contributed by atoms with Gasteiger partial charge in [-0.25, -0.2) is 9.18 Å². The highest BCUT2D eigenvalue weighted by atomic mass is 127. The molecule has 180 valence electrons. The van der Waals surface area contributed by atoms with Crippen LogP contribution in [0.4, 0.5) is 28.2 Å². The molecule has 4 rings (SSSR count). The van der Waals surface area contributed by atoms with E-state index in [4.69, 9.17) is 0 Å². The number of H-pyrrole nitrogens is 1. The highest BCUT2D eigenvalue weighted by molar-refractivity contribution is 14.1. The van der Waals surface area contributed by atoms with E-state index in [0.717, 1.165) is 15.7 Å². The molecule has 2 amide bonds. The van der Waals surface area contributed by atoms with Crippen LogP contribution < -0.4 is 10.6 Å². The van der Waals surface area contributed by atoms with Crippen molar-refractivity contribution in [1.29, 1.82) is 0 Å². The number of halogens is 5. The molecule has 6 nitrogen and oxygen atoms in total. The minimum Gasteiger partial charge on any atom is -0.322 e. The van der Waals surface area contributed by atoms with Gasteiger partial charge in [-0.2, -0.15) is 18.3 Å². The molecule has 0 radical (unpaired) electrons. The standard InChI is InChI=1S/C24H18F4IN5O/c25-18-11-16(10-17(12-18)24(26,27)28)23(13-15-4-2-1-3-5-15,20-7-6-19(29)14-30-20)33-22(35)32-21-8-9-31-34-21/h1-12,14H,13H2,(H3,31,32,33,34,35)/t23-/m1/s1. The molecule has 35 heavy (non-hydrogen) atoms. The number of carbonyl (C=O) groups excluding carboxylic acids is 1. The molecule has 0 aliphatic rings. The topological polar surface area (TPSA) is 82.7 Å². The monoisotopic (exact) mass is 595 g/mol. The van der Waals surface area contributed by atoms with Crippen molar-refractivity contribution in [3.05, 3.63) is 111 Å². The minimum absolute atomic E-state index is 0.00141. The number of hydrogen-bond acceptors (Lipinski definition) is 3. The Bertz CT molecular complexity index is 1300. The van der Waals surface area contributed by atoms with E-state index in [0.29, 0.717) is 11.6 Å². The van der Waals surface area contributed by atoms with Crippen LogP contribution in [-0.4, -0.2) is 21.2 Å². The van der Waals surface area contributed by atoms with Gasteiger partial charge >= 0.3 is 12.2 Å². The Hall–Kier alpha value is -3.48. The fourth-order valence-electron chi connectivity index (χ4n) is 3.72. The number of benzene rings is 2. The molecule has 0 aliphatic heterocycles. The maximum Gasteiger partial charge on any atom is 0.416 e. The number of carbonyl (C=O) groups is 1. The summed E-state index contributed by atoms with van der Waals surface area (Å²) in [5.41, 5.74) is -2.01. The number of nitrogens with zero attached hydrogens (tertiary/aromatic N) is 2. The second-order valence-corrected chi connectivity index (χ2v) is 8.95. The van der Waals surface area contributed by atoms with Crippen LogP contribution in [-0.2, 0) is 18.1 Å². The first-order chi connectivity index (χ1) is 16.7. The summed E-state index contributed by atoms with van der Waals surface area (Å²) >= 11 is 2.04. The molecule has 2 aromatic heterocycles. The van der Waals surface area contributed by atoms with E-state index in [2.05, 4.69) is 25.8 Å². The van der Waals surface area contributed by atoms with Gasteiger partial charge in [0.15, 0.2) is 0 Å². The van der Waals surface area contributed by atoms with E-state index in [9.17, 15) is 22.4 Å². The van der Waals surface area contributed by atoms with Crippen LogP contribution >= 0.6 is 22.6 Å². The normalized spacial score (nSPS) is 13.2. The predicted octanol–water partition coefficient (Wildman–Crippen LogP) is 5.88. The lowest BCUT2D eigenvalue weighted by molar-refractivity contribution is -0.137. The molecule has 11 heteroatoms. The number of anilines is 1. The van der Waals surface area contributed by atoms with Gasteiger partial charge in [0, 0.05) is 22.3 Å². The fraction of sp³-hybridized carbons (Fsp3) is 0.125. The molecule has 3 N–H and O–H groups in total. The molecule has 0 spiro atoms. The average Bonchev–Trinajstić information content (AvgIpc) is 3.31. The maximum atomic E-state index is 14.6. The number of aromatic nitrogens is 3. The van der Waals surface area contributed by atoms with E-state index in [1.807, 2.05) is 22.6 Å². The molecule has 2 aromatic carbocycles. The largest absolute Gasteiger partial charge is 0.416 e. The van der Waals surface area contributed by atoms with Crippen LogP contribution in [0.2, 0.25) is 0 Å². The third kappa shape index (κ3) is 5.78. The summed E-state index contributed by atoms with van der Waals surface area (Å²) in [6.45, 7) is 0. The number of hydrogen-bond donors (Lipinski definition) is 3. The molecule has 2 heterocycles. The van der Waals surface area contributed by atoms with Crippen molar-refractivity contribution in [2.45, 2.75) is 18.1 Å². The van der Waals surface area contributed by atoms with Gasteiger partial charge in [0.05, 0.1) is 17.5 Å². The summed E-state index contributed by atoms with van der Waals surface area (Å²) in [5.74, 6) is -0.824. The predicted molar refractivity (Wildman–Crippen MR) is 130 cm³/mol. The zero-order valence-corrected chi connectivity index (χ0v) is 20.1. The first-order valence-electron chi connectivity index (χ1n) is 10.3. The van der Waals surface area contributed by atoms with Crippen molar-refractivity contribution in [2.24, 2.45) is 0 Å². The summed E-state index contributed by atoms with van der Waals surface area (Å²) in [6, 6.07) is 15.1. The van der Waals surface area contributed by atoms with Crippen molar-refractivity contribution < 1.29 is 22.4 Å². The summed E-state index contributed by atoms with van der Waals surface area (Å²) < 4.78 is 56.3. The van der Waals surface area contributed by atoms with E-state index in [-0.39, 0.29) is 23.5 Å². The van der Waals surface area contributed by atoms with Gasteiger partial charge in [0.2, 0.25) is 0 Å². The van der Waals surface area contributed by atoms with Crippen molar-refractivity contribution in [3.8, 4) is 0 Å². The van der Waals surface area contributed by atoms with Crippen molar-refractivity contribution in [2.75, 3.05) is 5.32 Å². The molecule has 0 saturated carbocycles. The van der Waals surface area contributed by atoms with Crippen LogP contribution in [0.5, 0.6) is 0 Å². The molecular formula is C24H18F4IN5O. The SMILES string of the molecule is O=C(Nc1ccn[nH]1)N[C@](Cc1ccccc1)(c1cc(F)cc(C(F)(F)F)c1)c1ccc(I)cn1. The molecule has 4 aromatic rings. The number of amides is 2. The van der Waals surface area contributed by atoms with Crippen LogP contribution in [0.15, 0.2) is 79.1 Å². The molecule has 0 bridgehead atoms. The smallest absolute Gasteiger partial charge is 0.322 e. The van der Waals surface area contributed by atoms with Gasteiger partial charge in [-0.3, -0.25) is 15.4 Å². The Morgan fingerprint density at radius 1 is 1.00 bits per heavy atom. The lowest BCUT2D eigenvalue weighted by atomic mass is 9.80. The third-order valence-corrected chi connectivity index (χ3v) is 5.91. The number of urea groups is 1. The maximum absolute atomic E-state index is 14.6. The Morgan fingerprint density at radius 3 is 2.37 bits per heavy atom. The molecule has 0 fully saturated rings. The highest BCUT2D eigenvalue weighted by Crippen LogP contribution is 2.37. The molecular weight excluding hydrogens is 577 g/mol. The fourth-order valence-corrected chi connectivity index (χ4v) is 4.04. The summed E-state index contributed by atoms with van der Waals surface area (Å²) in [5, 5.41) is 11.7. The Balaban J connectivity index is 1.92. The molecule has 1 atom stereocenters. The third-order valence-electron chi connectivity index (χ3n) is 5.27. The van der Waals surface area contributed by atoms with Crippen molar-refractivity contribution in [1.82, 2.24) is 20.5 Å². The lowest BCUT2D eigenvalue weighted by Gasteiger charge is -2.35. The quantitative estimate of drug-likeness (QED) is 0.193. The average molecular weight is 595 g/mol. The summed E-state index contributed by atoms with van der Waals surface area (Å²) in [4.78, 5) is 17.5. The van der Waals surface area contributed by atoms with Crippen molar-refractivity contribution in [3.63, 3.8) is 0 Å². The Morgan fingerprint density at radius 2 is 1.74 bits per heavy atom. The second-order valence-electron chi connectivity index (χ2n) is 7.71. The number of rotatable bonds is 6. The van der Waals surface area contributed by atoms with Crippen LogP contribution in [0, 0.1) is 9.39 Å². The highest BCUT2D eigenvalue weighted by Gasteiger charge is 2.41. The van der Waals surface area contributed by atoms with Crippen LogP contribution in [0.25, 0.3) is 0 Å². The molecule has 0 aliphatic carbocycles. The van der Waals surface area contributed by atoms with E-state index in [1.54, 1.807) is 42.5 Å². The van der Waals surface area contributed by atoms with Gasteiger partial charge in [-0.05, 0) is 64.0 Å².